The zero-order chi connectivity index (χ0) is 14.8. The van der Waals surface area contributed by atoms with Gasteiger partial charge in [0.05, 0.1) is 18.8 Å². The first-order chi connectivity index (χ1) is 10.2. The second kappa shape index (κ2) is 6.16. The molecule has 1 N–H and O–H groups in total. The SMILES string of the molecule is CCCNC(c1cc2cccc(F)c2o1)C1COC(C)C1. The third kappa shape index (κ3) is 2.97. The number of fused-ring (bicyclic) bond motifs is 1. The minimum absolute atomic E-state index is 0.0849. The quantitative estimate of drug-likeness (QED) is 0.903. The van der Waals surface area contributed by atoms with E-state index >= 15 is 0 Å². The van der Waals surface area contributed by atoms with Crippen LogP contribution in [0, 0.1) is 11.7 Å². The molecule has 2 heterocycles. The molecule has 0 bridgehead atoms. The van der Waals surface area contributed by atoms with E-state index in [0.717, 1.165) is 37.1 Å². The molecule has 2 aromatic rings. The number of nitrogens with one attached hydrogen (secondary N) is 1. The Kier molecular flexibility index (Phi) is 4.27. The van der Waals surface area contributed by atoms with Crippen molar-refractivity contribution in [2.75, 3.05) is 13.2 Å². The first kappa shape index (κ1) is 14.5. The average molecular weight is 291 g/mol. The van der Waals surface area contributed by atoms with E-state index in [-0.39, 0.29) is 18.0 Å². The highest BCUT2D eigenvalue weighted by Gasteiger charge is 2.32. The smallest absolute Gasteiger partial charge is 0.169 e. The van der Waals surface area contributed by atoms with Crippen LogP contribution in [0.15, 0.2) is 28.7 Å². The fourth-order valence-electron chi connectivity index (χ4n) is 3.08. The van der Waals surface area contributed by atoms with E-state index in [1.807, 2.05) is 12.1 Å². The zero-order valence-electron chi connectivity index (χ0n) is 12.6. The molecule has 21 heavy (non-hydrogen) atoms. The van der Waals surface area contributed by atoms with Gasteiger partial charge in [0.2, 0.25) is 0 Å². The van der Waals surface area contributed by atoms with Crippen molar-refractivity contribution in [1.82, 2.24) is 5.32 Å². The maximum absolute atomic E-state index is 13.8. The van der Waals surface area contributed by atoms with Crippen molar-refractivity contribution in [3.8, 4) is 0 Å². The number of benzene rings is 1. The van der Waals surface area contributed by atoms with Gasteiger partial charge in [0.1, 0.15) is 5.76 Å². The molecule has 1 aromatic heterocycles. The Bertz CT molecular complexity index is 610. The Labute approximate surface area is 124 Å². The highest BCUT2D eigenvalue weighted by Crippen LogP contribution is 2.35. The van der Waals surface area contributed by atoms with Crippen LogP contribution < -0.4 is 5.32 Å². The van der Waals surface area contributed by atoms with Gasteiger partial charge in [-0.3, -0.25) is 0 Å². The highest BCUT2D eigenvalue weighted by atomic mass is 19.1. The van der Waals surface area contributed by atoms with Crippen molar-refractivity contribution in [3.63, 3.8) is 0 Å². The molecule has 0 saturated carbocycles. The van der Waals surface area contributed by atoms with E-state index < -0.39 is 0 Å². The first-order valence-corrected chi connectivity index (χ1v) is 7.72. The van der Waals surface area contributed by atoms with Crippen molar-refractivity contribution in [3.05, 3.63) is 35.8 Å². The molecule has 0 aliphatic carbocycles. The summed E-state index contributed by atoms with van der Waals surface area (Å²) in [6.07, 6.45) is 2.33. The summed E-state index contributed by atoms with van der Waals surface area (Å²) in [4.78, 5) is 0. The van der Waals surface area contributed by atoms with E-state index in [0.29, 0.717) is 11.5 Å². The lowest BCUT2D eigenvalue weighted by atomic mass is 9.94. The van der Waals surface area contributed by atoms with Gasteiger partial charge in [0, 0.05) is 11.3 Å². The summed E-state index contributed by atoms with van der Waals surface area (Å²) in [6, 6.07) is 7.07. The molecule has 1 aliphatic heterocycles. The summed E-state index contributed by atoms with van der Waals surface area (Å²) in [7, 11) is 0. The molecular weight excluding hydrogens is 269 g/mol. The predicted molar refractivity (Wildman–Crippen MR) is 80.7 cm³/mol. The van der Waals surface area contributed by atoms with Gasteiger partial charge < -0.3 is 14.5 Å². The third-order valence-corrected chi connectivity index (χ3v) is 4.14. The van der Waals surface area contributed by atoms with E-state index in [9.17, 15) is 4.39 Å². The van der Waals surface area contributed by atoms with Gasteiger partial charge in [-0.25, -0.2) is 4.39 Å². The molecule has 0 spiro atoms. The maximum Gasteiger partial charge on any atom is 0.169 e. The second-order valence-electron chi connectivity index (χ2n) is 5.88. The Hall–Kier alpha value is -1.39. The van der Waals surface area contributed by atoms with Crippen LogP contribution in [0.5, 0.6) is 0 Å². The lowest BCUT2D eigenvalue weighted by molar-refractivity contribution is 0.116. The van der Waals surface area contributed by atoms with Crippen LogP contribution in [0.1, 0.15) is 38.5 Å². The van der Waals surface area contributed by atoms with Gasteiger partial charge in [-0.1, -0.05) is 19.1 Å². The molecule has 114 valence electrons. The molecule has 0 amide bonds. The second-order valence-corrected chi connectivity index (χ2v) is 5.88. The number of hydrogen-bond acceptors (Lipinski definition) is 3. The third-order valence-electron chi connectivity index (χ3n) is 4.14. The molecule has 3 atom stereocenters. The van der Waals surface area contributed by atoms with Gasteiger partial charge >= 0.3 is 0 Å². The van der Waals surface area contributed by atoms with E-state index in [1.54, 1.807) is 6.07 Å². The number of hydrogen-bond donors (Lipinski definition) is 1. The summed E-state index contributed by atoms with van der Waals surface area (Å²) in [5.74, 6) is 0.880. The fourth-order valence-corrected chi connectivity index (χ4v) is 3.08. The fraction of sp³-hybridized carbons (Fsp3) is 0.529. The molecule has 1 fully saturated rings. The normalized spacial score (nSPS) is 23.8. The van der Waals surface area contributed by atoms with Gasteiger partial charge in [-0.05, 0) is 38.4 Å². The number of para-hydroxylation sites is 1. The Morgan fingerprint density at radius 1 is 1.43 bits per heavy atom. The van der Waals surface area contributed by atoms with Crippen molar-refractivity contribution in [2.24, 2.45) is 5.92 Å². The number of halogens is 1. The number of rotatable bonds is 5. The van der Waals surface area contributed by atoms with Crippen LogP contribution in [-0.4, -0.2) is 19.3 Å². The lowest BCUT2D eigenvalue weighted by Crippen LogP contribution is -2.29. The maximum atomic E-state index is 13.8. The summed E-state index contributed by atoms with van der Waals surface area (Å²) < 4.78 is 25.3. The van der Waals surface area contributed by atoms with Gasteiger partial charge in [-0.2, -0.15) is 0 Å². The Balaban J connectivity index is 1.91. The molecule has 3 nitrogen and oxygen atoms in total. The molecule has 0 radical (unpaired) electrons. The largest absolute Gasteiger partial charge is 0.456 e. The van der Waals surface area contributed by atoms with E-state index in [1.165, 1.54) is 6.07 Å². The monoisotopic (exact) mass is 291 g/mol. The Morgan fingerprint density at radius 2 is 2.29 bits per heavy atom. The van der Waals surface area contributed by atoms with Gasteiger partial charge in [-0.15, -0.1) is 0 Å². The van der Waals surface area contributed by atoms with Crippen molar-refractivity contribution in [1.29, 1.82) is 0 Å². The lowest BCUT2D eigenvalue weighted by Gasteiger charge is -2.21. The van der Waals surface area contributed by atoms with Crippen LogP contribution in [0.25, 0.3) is 11.0 Å². The number of furan rings is 1. The summed E-state index contributed by atoms with van der Waals surface area (Å²) in [6.45, 7) is 5.86. The van der Waals surface area contributed by atoms with Crippen molar-refractivity contribution in [2.45, 2.75) is 38.8 Å². The minimum atomic E-state index is -0.302. The van der Waals surface area contributed by atoms with E-state index in [4.69, 9.17) is 9.15 Å². The zero-order valence-corrected chi connectivity index (χ0v) is 12.6. The molecule has 3 unspecified atom stereocenters. The highest BCUT2D eigenvalue weighted by molar-refractivity contribution is 5.78. The standard InChI is InChI=1S/C17H22FNO2/c1-3-7-19-16(13-8-11(2)20-10-13)15-9-12-5-4-6-14(18)17(12)21-15/h4-6,9,11,13,16,19H,3,7-8,10H2,1-2H3. The van der Waals surface area contributed by atoms with Crippen LogP contribution in [0.2, 0.25) is 0 Å². The summed E-state index contributed by atoms with van der Waals surface area (Å²) in [5.41, 5.74) is 0.350. The van der Waals surface area contributed by atoms with Crippen LogP contribution >= 0.6 is 0 Å². The average Bonchev–Trinajstić information content (AvgIpc) is 3.07. The van der Waals surface area contributed by atoms with Crippen molar-refractivity contribution >= 4 is 11.0 Å². The molecule has 1 aromatic carbocycles. The van der Waals surface area contributed by atoms with Crippen molar-refractivity contribution < 1.29 is 13.5 Å². The Morgan fingerprint density at radius 3 is 2.95 bits per heavy atom. The number of ether oxygens (including phenoxy) is 1. The van der Waals surface area contributed by atoms with E-state index in [2.05, 4.69) is 19.2 Å². The first-order valence-electron chi connectivity index (χ1n) is 7.72. The van der Waals surface area contributed by atoms with Crippen LogP contribution in [0.4, 0.5) is 4.39 Å². The van der Waals surface area contributed by atoms with Gasteiger partial charge in [0.15, 0.2) is 11.4 Å². The van der Waals surface area contributed by atoms with Gasteiger partial charge in [0.25, 0.3) is 0 Å². The molecule has 3 rings (SSSR count). The molecule has 1 aliphatic rings. The van der Waals surface area contributed by atoms with Crippen LogP contribution in [-0.2, 0) is 4.74 Å². The molecule has 1 saturated heterocycles. The van der Waals surface area contributed by atoms with Crippen LogP contribution in [0.3, 0.4) is 0 Å². The molecular formula is C17H22FNO2. The topological polar surface area (TPSA) is 34.4 Å². The predicted octanol–water partition coefficient (Wildman–Crippen LogP) is 4.04. The summed E-state index contributed by atoms with van der Waals surface area (Å²) >= 11 is 0. The molecule has 4 heteroatoms. The minimum Gasteiger partial charge on any atom is -0.456 e. The summed E-state index contributed by atoms with van der Waals surface area (Å²) in [5, 5.41) is 4.35.